The monoisotopic (exact) mass is 345 g/mol. The second kappa shape index (κ2) is 7.04. The van der Waals surface area contributed by atoms with Gasteiger partial charge in [0.05, 0.1) is 5.69 Å². The van der Waals surface area contributed by atoms with Gasteiger partial charge in [0.25, 0.3) is 5.91 Å². The number of benzene rings is 1. The van der Waals surface area contributed by atoms with Gasteiger partial charge < -0.3 is 14.7 Å². The molecule has 6 nitrogen and oxygen atoms in total. The Morgan fingerprint density at radius 3 is 2.96 bits per heavy atom. The van der Waals surface area contributed by atoms with Gasteiger partial charge in [0, 0.05) is 19.2 Å². The Labute approximate surface area is 145 Å². The van der Waals surface area contributed by atoms with Gasteiger partial charge in [-0.1, -0.05) is 31.1 Å². The molecule has 1 aliphatic heterocycles. The minimum Gasteiger partial charge on any atom is -0.352 e. The van der Waals surface area contributed by atoms with Crippen molar-refractivity contribution >= 4 is 11.8 Å². The van der Waals surface area contributed by atoms with Gasteiger partial charge in [0.1, 0.15) is 11.9 Å². The zero-order chi connectivity index (χ0) is 18.0. The molecule has 1 saturated heterocycles. The minimum absolute atomic E-state index is 0.0896. The average Bonchev–Trinajstić information content (AvgIpc) is 3.01. The van der Waals surface area contributed by atoms with Crippen LogP contribution in [0.4, 0.5) is 4.39 Å². The molecule has 1 aromatic carbocycles. The third-order valence-electron chi connectivity index (χ3n) is 4.02. The van der Waals surface area contributed by atoms with Gasteiger partial charge >= 0.3 is 0 Å². The molecule has 1 atom stereocenters. The van der Waals surface area contributed by atoms with Crippen molar-refractivity contribution < 1.29 is 18.5 Å². The van der Waals surface area contributed by atoms with E-state index in [1.54, 1.807) is 12.1 Å². The Balaban J connectivity index is 1.88. The van der Waals surface area contributed by atoms with Crippen molar-refractivity contribution in [3.8, 4) is 0 Å². The summed E-state index contributed by atoms with van der Waals surface area (Å²) in [6.07, 6.45) is 0.699. The van der Waals surface area contributed by atoms with Gasteiger partial charge in [0.15, 0.2) is 0 Å². The molecule has 1 aliphatic rings. The van der Waals surface area contributed by atoms with Gasteiger partial charge in [0.2, 0.25) is 11.7 Å². The quantitative estimate of drug-likeness (QED) is 0.923. The first-order chi connectivity index (χ1) is 12.0. The topological polar surface area (TPSA) is 75.4 Å². The molecule has 0 unspecified atom stereocenters. The Morgan fingerprint density at radius 1 is 1.44 bits per heavy atom. The summed E-state index contributed by atoms with van der Waals surface area (Å²) < 4.78 is 18.7. The summed E-state index contributed by atoms with van der Waals surface area (Å²) in [4.78, 5) is 26.6. The molecule has 1 aromatic heterocycles. The molecule has 2 amide bonds. The SMILES string of the molecule is CC(C)Cc1cc(C(=O)N2CCNC(=O)[C@@H]2c2cccc(F)c2)on1. The molecule has 0 saturated carbocycles. The maximum Gasteiger partial charge on any atom is 0.293 e. The Kier molecular flexibility index (Phi) is 4.83. The van der Waals surface area contributed by atoms with Gasteiger partial charge in [-0.15, -0.1) is 0 Å². The Hall–Kier alpha value is -2.70. The van der Waals surface area contributed by atoms with Crippen LogP contribution in [-0.2, 0) is 11.2 Å². The van der Waals surface area contributed by atoms with Crippen LogP contribution in [0.3, 0.4) is 0 Å². The summed E-state index contributed by atoms with van der Waals surface area (Å²) in [5.41, 5.74) is 1.12. The first-order valence-corrected chi connectivity index (χ1v) is 8.25. The lowest BCUT2D eigenvalue weighted by Gasteiger charge is -2.34. The lowest BCUT2D eigenvalue weighted by atomic mass is 10.0. The number of hydrogen-bond donors (Lipinski definition) is 1. The number of aromatic nitrogens is 1. The van der Waals surface area contributed by atoms with Crippen LogP contribution in [-0.4, -0.2) is 35.0 Å². The van der Waals surface area contributed by atoms with Crippen LogP contribution in [0.25, 0.3) is 0 Å². The lowest BCUT2D eigenvalue weighted by molar-refractivity contribution is -0.128. The van der Waals surface area contributed by atoms with E-state index in [4.69, 9.17) is 4.52 Å². The van der Waals surface area contributed by atoms with E-state index in [9.17, 15) is 14.0 Å². The first kappa shape index (κ1) is 17.1. The smallest absolute Gasteiger partial charge is 0.293 e. The number of carbonyl (C=O) groups is 2. The number of piperazine rings is 1. The summed E-state index contributed by atoms with van der Waals surface area (Å²) in [7, 11) is 0. The van der Waals surface area contributed by atoms with Crippen LogP contribution in [0.2, 0.25) is 0 Å². The molecule has 132 valence electrons. The first-order valence-electron chi connectivity index (χ1n) is 8.25. The van der Waals surface area contributed by atoms with Crippen LogP contribution in [0, 0.1) is 11.7 Å². The fraction of sp³-hybridized carbons (Fsp3) is 0.389. The van der Waals surface area contributed by atoms with E-state index in [0.29, 0.717) is 36.7 Å². The van der Waals surface area contributed by atoms with Gasteiger partial charge in [-0.2, -0.15) is 0 Å². The molecule has 0 bridgehead atoms. The van der Waals surface area contributed by atoms with E-state index in [1.807, 2.05) is 13.8 Å². The van der Waals surface area contributed by atoms with Crippen LogP contribution >= 0.6 is 0 Å². The van der Waals surface area contributed by atoms with Crippen molar-refractivity contribution in [2.45, 2.75) is 26.3 Å². The summed E-state index contributed by atoms with van der Waals surface area (Å²) in [5, 5.41) is 6.64. The zero-order valence-corrected chi connectivity index (χ0v) is 14.2. The maximum atomic E-state index is 13.6. The fourth-order valence-corrected chi connectivity index (χ4v) is 2.96. The highest BCUT2D eigenvalue weighted by Gasteiger charge is 2.36. The predicted molar refractivity (Wildman–Crippen MR) is 88.2 cm³/mol. The van der Waals surface area contributed by atoms with E-state index >= 15 is 0 Å². The summed E-state index contributed by atoms with van der Waals surface area (Å²) >= 11 is 0. The Bertz CT molecular complexity index is 787. The number of nitrogens with zero attached hydrogens (tertiary/aromatic N) is 2. The highest BCUT2D eigenvalue weighted by molar-refractivity contribution is 5.96. The normalized spacial score (nSPS) is 17.7. The fourth-order valence-electron chi connectivity index (χ4n) is 2.96. The van der Waals surface area contributed by atoms with E-state index < -0.39 is 17.8 Å². The third kappa shape index (κ3) is 3.70. The van der Waals surface area contributed by atoms with E-state index in [1.165, 1.54) is 23.1 Å². The van der Waals surface area contributed by atoms with Crippen molar-refractivity contribution in [3.63, 3.8) is 0 Å². The van der Waals surface area contributed by atoms with Crippen molar-refractivity contribution in [2.24, 2.45) is 5.92 Å². The lowest BCUT2D eigenvalue weighted by Crippen LogP contribution is -2.52. The van der Waals surface area contributed by atoms with Gasteiger partial charge in [-0.05, 0) is 30.0 Å². The molecule has 0 spiro atoms. The van der Waals surface area contributed by atoms with Gasteiger partial charge in [-0.3, -0.25) is 9.59 Å². The number of amides is 2. The number of rotatable bonds is 4. The zero-order valence-electron chi connectivity index (χ0n) is 14.2. The maximum absolute atomic E-state index is 13.6. The molecule has 7 heteroatoms. The molecule has 1 fully saturated rings. The summed E-state index contributed by atoms with van der Waals surface area (Å²) in [6, 6.07) is 6.42. The van der Waals surface area contributed by atoms with Gasteiger partial charge in [-0.25, -0.2) is 4.39 Å². The number of carbonyl (C=O) groups excluding carboxylic acids is 2. The predicted octanol–water partition coefficient (Wildman–Crippen LogP) is 2.33. The van der Waals surface area contributed by atoms with Crippen molar-refractivity contribution in [3.05, 3.63) is 53.2 Å². The van der Waals surface area contributed by atoms with E-state index in [2.05, 4.69) is 10.5 Å². The van der Waals surface area contributed by atoms with Crippen LogP contribution in [0.5, 0.6) is 0 Å². The van der Waals surface area contributed by atoms with Crippen molar-refractivity contribution in [1.29, 1.82) is 0 Å². The molecule has 2 heterocycles. The number of halogens is 1. The molecular formula is C18H20FN3O3. The highest BCUT2D eigenvalue weighted by Crippen LogP contribution is 2.26. The molecular weight excluding hydrogens is 325 g/mol. The van der Waals surface area contributed by atoms with Crippen LogP contribution < -0.4 is 5.32 Å². The third-order valence-corrected chi connectivity index (χ3v) is 4.02. The van der Waals surface area contributed by atoms with E-state index in [-0.39, 0.29) is 11.7 Å². The molecule has 2 aromatic rings. The summed E-state index contributed by atoms with van der Waals surface area (Å²) in [5.74, 6) is -0.749. The second-order valence-electron chi connectivity index (χ2n) is 6.53. The average molecular weight is 345 g/mol. The molecule has 0 aliphatic carbocycles. The standard InChI is InChI=1S/C18H20FN3O3/c1-11(2)8-14-10-15(25-21-14)18(24)22-7-6-20-17(23)16(22)12-4-3-5-13(19)9-12/h3-5,9-11,16H,6-8H2,1-2H3,(H,20,23)/t16-/m0/s1. The highest BCUT2D eigenvalue weighted by atomic mass is 19.1. The number of nitrogens with one attached hydrogen (secondary N) is 1. The molecule has 0 radical (unpaired) electrons. The van der Waals surface area contributed by atoms with E-state index in [0.717, 1.165) is 0 Å². The van der Waals surface area contributed by atoms with Crippen LogP contribution in [0.1, 0.15) is 41.7 Å². The molecule has 25 heavy (non-hydrogen) atoms. The largest absolute Gasteiger partial charge is 0.352 e. The molecule has 1 N–H and O–H groups in total. The number of hydrogen-bond acceptors (Lipinski definition) is 4. The summed E-state index contributed by atoms with van der Waals surface area (Å²) in [6.45, 7) is 4.74. The molecule has 3 rings (SSSR count). The Morgan fingerprint density at radius 2 is 2.24 bits per heavy atom. The van der Waals surface area contributed by atoms with Crippen molar-refractivity contribution in [2.75, 3.05) is 13.1 Å². The minimum atomic E-state index is -0.893. The van der Waals surface area contributed by atoms with Crippen molar-refractivity contribution in [1.82, 2.24) is 15.4 Å². The van der Waals surface area contributed by atoms with Crippen LogP contribution in [0.15, 0.2) is 34.9 Å². The second-order valence-corrected chi connectivity index (χ2v) is 6.53.